The zero-order valence-corrected chi connectivity index (χ0v) is 16.5. The summed E-state index contributed by atoms with van der Waals surface area (Å²) < 4.78 is 51.9. The van der Waals surface area contributed by atoms with Gasteiger partial charge in [-0.1, -0.05) is 18.2 Å². The molecule has 6 nitrogen and oxygen atoms in total. The van der Waals surface area contributed by atoms with E-state index < -0.39 is 23.8 Å². The average molecular weight is 418 g/mol. The van der Waals surface area contributed by atoms with Crippen LogP contribution in [0.5, 0.6) is 5.88 Å². The van der Waals surface area contributed by atoms with Crippen LogP contribution < -0.4 is 10.1 Å². The molecule has 0 aliphatic carbocycles. The number of ether oxygens (including phenoxy) is 2. The fourth-order valence-electron chi connectivity index (χ4n) is 3.43. The minimum absolute atomic E-state index is 0.0668. The molecule has 0 amide bonds. The van der Waals surface area contributed by atoms with Gasteiger partial charge in [0.05, 0.1) is 36.5 Å². The van der Waals surface area contributed by atoms with Crippen molar-refractivity contribution >= 4 is 16.7 Å². The molecule has 9 heteroatoms. The molecule has 30 heavy (non-hydrogen) atoms. The second kappa shape index (κ2) is 8.43. The lowest BCUT2D eigenvalue weighted by atomic mass is 10.0. The summed E-state index contributed by atoms with van der Waals surface area (Å²) in [5.41, 5.74) is 0.100. The molecule has 1 unspecified atom stereocenters. The van der Waals surface area contributed by atoms with Crippen LogP contribution in [-0.2, 0) is 4.74 Å². The van der Waals surface area contributed by atoms with Crippen molar-refractivity contribution in [3.63, 3.8) is 0 Å². The predicted molar refractivity (Wildman–Crippen MR) is 105 cm³/mol. The summed E-state index contributed by atoms with van der Waals surface area (Å²) in [7, 11) is 0. The van der Waals surface area contributed by atoms with Crippen molar-refractivity contribution < 1.29 is 22.6 Å². The first-order valence-electron chi connectivity index (χ1n) is 9.64. The van der Waals surface area contributed by atoms with Crippen LogP contribution in [0.15, 0.2) is 30.5 Å². The zero-order chi connectivity index (χ0) is 21.3. The molecule has 1 aromatic carbocycles. The lowest BCUT2D eigenvalue weighted by molar-refractivity contribution is 0.138. The van der Waals surface area contributed by atoms with Crippen molar-refractivity contribution in [1.82, 2.24) is 15.0 Å². The van der Waals surface area contributed by atoms with E-state index in [1.54, 1.807) is 26.1 Å². The summed E-state index contributed by atoms with van der Waals surface area (Å²) in [5, 5.41) is 3.77. The molecule has 158 valence electrons. The lowest BCUT2D eigenvalue weighted by Crippen LogP contribution is -2.16. The maximum absolute atomic E-state index is 14.6. The number of hydrogen-bond donors (Lipinski definition) is 1. The molecule has 1 N–H and O–H groups in total. The number of fused-ring (bicyclic) bond motifs is 1. The van der Waals surface area contributed by atoms with Gasteiger partial charge >= 0.3 is 0 Å². The number of alkyl halides is 2. The molecule has 1 aliphatic heterocycles. The molecule has 2 atom stereocenters. The first-order chi connectivity index (χ1) is 14.4. The Morgan fingerprint density at radius 3 is 2.77 bits per heavy atom. The first kappa shape index (κ1) is 20.3. The third-order valence-electron chi connectivity index (χ3n) is 4.96. The molecule has 0 bridgehead atoms. The summed E-state index contributed by atoms with van der Waals surface area (Å²) in [5.74, 6) is 0.432. The fraction of sp³-hybridized carbons (Fsp3) is 0.381. The monoisotopic (exact) mass is 418 g/mol. The molecular weight excluding hydrogens is 397 g/mol. The number of hydrogen-bond acceptors (Lipinski definition) is 6. The molecule has 0 radical (unpaired) electrons. The fourth-order valence-corrected chi connectivity index (χ4v) is 3.43. The number of benzene rings is 1. The molecule has 3 heterocycles. The van der Waals surface area contributed by atoms with E-state index in [-0.39, 0.29) is 11.7 Å². The van der Waals surface area contributed by atoms with E-state index in [0.717, 1.165) is 12.5 Å². The van der Waals surface area contributed by atoms with Gasteiger partial charge < -0.3 is 14.8 Å². The van der Waals surface area contributed by atoms with E-state index >= 15 is 0 Å². The van der Waals surface area contributed by atoms with Gasteiger partial charge in [0, 0.05) is 23.4 Å². The van der Waals surface area contributed by atoms with Gasteiger partial charge in [-0.15, -0.1) is 0 Å². The summed E-state index contributed by atoms with van der Waals surface area (Å²) in [6, 6.07) is 5.09. The Balaban J connectivity index is 1.66. The van der Waals surface area contributed by atoms with Crippen LogP contribution in [0, 0.1) is 12.7 Å². The molecule has 4 rings (SSSR count). The van der Waals surface area contributed by atoms with E-state index in [1.165, 1.54) is 12.1 Å². The Hall–Kier alpha value is -2.94. The van der Waals surface area contributed by atoms with Gasteiger partial charge in [0.2, 0.25) is 5.88 Å². The van der Waals surface area contributed by atoms with Crippen molar-refractivity contribution in [3.8, 4) is 5.88 Å². The molecule has 2 aromatic heterocycles. The van der Waals surface area contributed by atoms with Crippen LogP contribution in [-0.4, -0.2) is 34.3 Å². The van der Waals surface area contributed by atoms with Gasteiger partial charge in [-0.2, -0.15) is 0 Å². The summed E-state index contributed by atoms with van der Waals surface area (Å²) in [6.45, 7) is 4.57. The topological polar surface area (TPSA) is 69.2 Å². The van der Waals surface area contributed by atoms with Gasteiger partial charge in [-0.05, 0) is 13.8 Å². The van der Waals surface area contributed by atoms with E-state index in [1.807, 2.05) is 0 Å². The largest absolute Gasteiger partial charge is 0.472 e. The van der Waals surface area contributed by atoms with Crippen molar-refractivity contribution in [2.45, 2.75) is 38.8 Å². The van der Waals surface area contributed by atoms with Crippen LogP contribution in [0.25, 0.3) is 10.9 Å². The highest BCUT2D eigenvalue weighted by atomic mass is 19.3. The van der Waals surface area contributed by atoms with Crippen molar-refractivity contribution in [2.24, 2.45) is 0 Å². The predicted octanol–water partition coefficient (Wildman–Crippen LogP) is 4.75. The molecule has 1 aliphatic rings. The minimum Gasteiger partial charge on any atom is -0.472 e. The first-order valence-corrected chi connectivity index (χ1v) is 9.64. The van der Waals surface area contributed by atoms with Crippen LogP contribution >= 0.6 is 0 Å². The summed E-state index contributed by atoms with van der Waals surface area (Å²) in [6.07, 6.45) is -0.581. The highest BCUT2D eigenvalue weighted by Crippen LogP contribution is 2.31. The average Bonchev–Trinajstić information content (AvgIpc) is 3.21. The molecule has 0 saturated carbocycles. The Morgan fingerprint density at radius 2 is 2.03 bits per heavy atom. The maximum atomic E-state index is 14.6. The number of nitrogens with one attached hydrogen (secondary N) is 1. The van der Waals surface area contributed by atoms with Gasteiger partial charge in [0.25, 0.3) is 6.43 Å². The SMILES string of the molecule is Cc1nc(NC(C)c2cccc(C(F)F)c2F)c2cc(O[C@@H]3CCOC3)ncc2n1. The second-order valence-electron chi connectivity index (χ2n) is 7.18. The van der Waals surface area contributed by atoms with E-state index in [0.29, 0.717) is 41.6 Å². The maximum Gasteiger partial charge on any atom is 0.266 e. The number of anilines is 1. The molecule has 0 spiro atoms. The normalized spacial score (nSPS) is 17.5. The molecule has 1 saturated heterocycles. The van der Waals surface area contributed by atoms with E-state index in [2.05, 4.69) is 20.3 Å². The summed E-state index contributed by atoms with van der Waals surface area (Å²) in [4.78, 5) is 13.1. The smallest absolute Gasteiger partial charge is 0.266 e. The van der Waals surface area contributed by atoms with Gasteiger partial charge in [-0.3, -0.25) is 0 Å². The van der Waals surface area contributed by atoms with Gasteiger partial charge in [0.1, 0.15) is 23.6 Å². The Kier molecular flexibility index (Phi) is 5.72. The Bertz CT molecular complexity index is 1060. The number of halogens is 3. The number of pyridine rings is 1. The number of aryl methyl sites for hydroxylation is 1. The van der Waals surface area contributed by atoms with Gasteiger partial charge in [0.15, 0.2) is 0 Å². The molecule has 1 fully saturated rings. The van der Waals surface area contributed by atoms with Gasteiger partial charge in [-0.25, -0.2) is 28.1 Å². The van der Waals surface area contributed by atoms with E-state index in [4.69, 9.17) is 9.47 Å². The highest BCUT2D eigenvalue weighted by Gasteiger charge is 2.21. The number of rotatable bonds is 6. The molecular formula is C21H21F3N4O2. The zero-order valence-electron chi connectivity index (χ0n) is 16.5. The van der Waals surface area contributed by atoms with Crippen LogP contribution in [0.2, 0.25) is 0 Å². The van der Waals surface area contributed by atoms with Crippen molar-refractivity contribution in [3.05, 3.63) is 53.2 Å². The third-order valence-corrected chi connectivity index (χ3v) is 4.96. The quantitative estimate of drug-likeness (QED) is 0.623. The number of nitrogens with zero attached hydrogens (tertiary/aromatic N) is 3. The standard InChI is InChI=1S/C21H21F3N4O2/c1-11(14-4-3-5-15(19(14)22)20(23)24)26-21-16-8-18(30-13-6-7-29-10-13)25-9-17(16)27-12(2)28-21/h3-5,8-9,11,13,20H,6-7,10H2,1-2H3,(H,26,27,28)/t11?,13-/m1/s1. The van der Waals surface area contributed by atoms with Crippen molar-refractivity contribution in [1.29, 1.82) is 0 Å². The Morgan fingerprint density at radius 1 is 1.23 bits per heavy atom. The minimum atomic E-state index is -2.88. The lowest BCUT2D eigenvalue weighted by Gasteiger charge is -2.19. The van der Waals surface area contributed by atoms with Crippen LogP contribution in [0.4, 0.5) is 19.0 Å². The van der Waals surface area contributed by atoms with Crippen LogP contribution in [0.3, 0.4) is 0 Å². The van der Waals surface area contributed by atoms with Crippen LogP contribution in [0.1, 0.15) is 42.8 Å². The second-order valence-corrected chi connectivity index (χ2v) is 7.18. The highest BCUT2D eigenvalue weighted by molar-refractivity contribution is 5.89. The summed E-state index contributed by atoms with van der Waals surface area (Å²) >= 11 is 0. The van der Waals surface area contributed by atoms with Crippen molar-refractivity contribution in [2.75, 3.05) is 18.5 Å². The Labute approximate surface area is 171 Å². The van der Waals surface area contributed by atoms with E-state index in [9.17, 15) is 13.2 Å². The third kappa shape index (κ3) is 4.16. The number of aromatic nitrogens is 3. The molecule has 3 aromatic rings.